The van der Waals surface area contributed by atoms with Crippen molar-refractivity contribution in [3.63, 3.8) is 0 Å². The van der Waals surface area contributed by atoms with Crippen molar-refractivity contribution >= 4 is 59.9 Å². The second-order valence-electron chi connectivity index (χ2n) is 11.1. The highest BCUT2D eigenvalue weighted by molar-refractivity contribution is 6.29. The molecule has 0 bridgehead atoms. The molecule has 3 aromatic heterocycles. The molecule has 4 aromatic carbocycles. The number of aryl methyl sites for hydroxylation is 3. The first-order valence-corrected chi connectivity index (χ1v) is 13.4. The lowest BCUT2D eigenvalue weighted by Crippen LogP contribution is -2.30. The Balaban J connectivity index is 1.71. The topological polar surface area (TPSA) is 21.2 Å². The van der Waals surface area contributed by atoms with E-state index in [1.165, 1.54) is 96.8 Å². The van der Waals surface area contributed by atoms with Crippen LogP contribution in [-0.4, -0.2) is 9.38 Å². The summed E-state index contributed by atoms with van der Waals surface area (Å²) in [6.45, 7) is 4.61. The first-order valence-electron chi connectivity index (χ1n) is 13.4. The van der Waals surface area contributed by atoms with Gasteiger partial charge in [-0.05, 0) is 70.8 Å². The van der Waals surface area contributed by atoms with E-state index < -0.39 is 0 Å². The van der Waals surface area contributed by atoms with Crippen molar-refractivity contribution in [2.75, 3.05) is 0 Å². The van der Waals surface area contributed by atoms with Crippen LogP contribution in [0.15, 0.2) is 60.9 Å². The lowest BCUT2D eigenvalue weighted by atomic mass is 9.90. The molecule has 0 N–H and O–H groups in total. The third-order valence-corrected chi connectivity index (χ3v) is 9.11. The van der Waals surface area contributed by atoms with E-state index in [1.807, 2.05) is 6.33 Å². The van der Waals surface area contributed by atoms with Gasteiger partial charge in [-0.15, -0.1) is 0 Å². The maximum atomic E-state index is 5.01. The summed E-state index contributed by atoms with van der Waals surface area (Å²) in [6.07, 6.45) is 8.64. The molecule has 3 heteroatoms. The Bertz CT molecular complexity index is 2000. The molecule has 1 aliphatic rings. The van der Waals surface area contributed by atoms with Crippen LogP contribution in [-0.2, 0) is 13.5 Å². The molecule has 0 atom stereocenters. The molecule has 0 unspecified atom stereocenters. The molecule has 1 saturated carbocycles. The fourth-order valence-corrected chi connectivity index (χ4v) is 7.50. The Hall–Kier alpha value is -3.72. The second kappa shape index (κ2) is 7.16. The van der Waals surface area contributed by atoms with E-state index >= 15 is 0 Å². The number of hydrogen-bond donors (Lipinski definition) is 0. The third kappa shape index (κ3) is 2.48. The van der Waals surface area contributed by atoms with Crippen molar-refractivity contribution in [1.82, 2.24) is 9.38 Å². The van der Waals surface area contributed by atoms with E-state index in [0.29, 0.717) is 0 Å². The molecule has 0 amide bonds. The van der Waals surface area contributed by atoms with Gasteiger partial charge in [0.15, 0.2) is 5.52 Å². The van der Waals surface area contributed by atoms with Crippen LogP contribution in [0, 0.1) is 19.8 Å². The molecule has 1 fully saturated rings. The van der Waals surface area contributed by atoms with Crippen LogP contribution in [0.4, 0.5) is 0 Å². The number of para-hydroxylation sites is 1. The van der Waals surface area contributed by atoms with Crippen molar-refractivity contribution in [3.8, 4) is 0 Å². The zero-order chi connectivity index (χ0) is 24.1. The maximum Gasteiger partial charge on any atom is 0.287 e. The van der Waals surface area contributed by atoms with E-state index in [1.54, 1.807) is 0 Å². The Morgan fingerprint density at radius 3 is 2.31 bits per heavy atom. The molecule has 0 aliphatic heterocycles. The van der Waals surface area contributed by atoms with E-state index in [4.69, 9.17) is 4.98 Å². The van der Waals surface area contributed by atoms with Gasteiger partial charge in [-0.3, -0.25) is 0 Å². The van der Waals surface area contributed by atoms with Gasteiger partial charge in [0.2, 0.25) is 0 Å². The lowest BCUT2D eigenvalue weighted by molar-refractivity contribution is -0.646. The minimum atomic E-state index is 0.787. The monoisotopic (exact) mass is 468 g/mol. The summed E-state index contributed by atoms with van der Waals surface area (Å²) in [5.74, 6) is 0.787. The Kier molecular flexibility index (Phi) is 4.07. The van der Waals surface area contributed by atoms with Crippen molar-refractivity contribution in [1.29, 1.82) is 0 Å². The predicted molar refractivity (Wildman–Crippen MR) is 150 cm³/mol. The summed E-state index contributed by atoms with van der Waals surface area (Å²) in [5, 5.41) is 8.14. The van der Waals surface area contributed by atoms with Crippen molar-refractivity contribution < 1.29 is 4.57 Å². The van der Waals surface area contributed by atoms with E-state index in [-0.39, 0.29) is 0 Å². The molecule has 3 heterocycles. The highest BCUT2D eigenvalue weighted by Gasteiger charge is 2.28. The molecule has 0 spiro atoms. The minimum Gasteiger partial charge on any atom is -0.307 e. The average molecular weight is 469 g/mol. The molecule has 7 aromatic rings. The van der Waals surface area contributed by atoms with Gasteiger partial charge in [-0.1, -0.05) is 68.1 Å². The Morgan fingerprint density at radius 1 is 0.833 bits per heavy atom. The molecule has 8 rings (SSSR count). The zero-order valence-corrected chi connectivity index (χ0v) is 21.2. The quantitative estimate of drug-likeness (QED) is 0.145. The molecular weight excluding hydrogens is 438 g/mol. The summed E-state index contributed by atoms with van der Waals surface area (Å²) in [7, 11) is 2.16. The highest BCUT2D eigenvalue weighted by Crippen LogP contribution is 2.45. The van der Waals surface area contributed by atoms with Gasteiger partial charge >= 0.3 is 0 Å². The third-order valence-electron chi connectivity index (χ3n) is 9.11. The van der Waals surface area contributed by atoms with Crippen LogP contribution >= 0.6 is 0 Å². The Morgan fingerprint density at radius 2 is 1.53 bits per heavy atom. The number of rotatable bonds is 2. The van der Waals surface area contributed by atoms with Gasteiger partial charge in [0, 0.05) is 10.8 Å². The standard InChI is InChI=1S/C33H30N3/c1-19-23-12-6-7-13-24(23)20(2)31-28(19)32-30-26(34-18-35(32)3)17-22(16-21-10-4-5-11-21)29-25-14-8-9-15-27(25)36(31)33(29)30/h6-9,12-15,17-18,21H,4-5,10-11,16H2,1-3H3/q+1. The summed E-state index contributed by atoms with van der Waals surface area (Å²) >= 11 is 0. The summed E-state index contributed by atoms with van der Waals surface area (Å²) < 4.78 is 4.84. The number of benzene rings is 4. The van der Waals surface area contributed by atoms with Crippen molar-refractivity contribution in [3.05, 3.63) is 77.6 Å². The highest BCUT2D eigenvalue weighted by atomic mass is 15.0. The second-order valence-corrected chi connectivity index (χ2v) is 11.1. The number of fused-ring (bicyclic) bond motifs is 7. The molecule has 176 valence electrons. The lowest BCUT2D eigenvalue weighted by Gasteiger charge is -2.18. The largest absolute Gasteiger partial charge is 0.307 e. The number of nitrogens with zero attached hydrogens (tertiary/aromatic N) is 3. The van der Waals surface area contributed by atoms with Crippen molar-refractivity contribution in [2.45, 2.75) is 46.0 Å². The fourth-order valence-electron chi connectivity index (χ4n) is 7.50. The summed E-state index contributed by atoms with van der Waals surface area (Å²) in [6, 6.07) is 20.4. The maximum absolute atomic E-state index is 5.01. The molecule has 1 aliphatic carbocycles. The average Bonchev–Trinajstić information content (AvgIpc) is 3.54. The van der Waals surface area contributed by atoms with E-state index in [0.717, 1.165) is 17.9 Å². The Labute approximate surface area is 210 Å². The number of aromatic nitrogens is 3. The fraction of sp³-hybridized carbons (Fsp3) is 0.273. The normalized spacial score (nSPS) is 15.2. The molecular formula is C33H30N3+. The van der Waals surface area contributed by atoms with E-state index in [9.17, 15) is 0 Å². The van der Waals surface area contributed by atoms with E-state index in [2.05, 4.69) is 84.5 Å². The minimum absolute atomic E-state index is 0.787. The van der Waals surface area contributed by atoms with Crippen LogP contribution in [0.25, 0.3) is 59.9 Å². The molecule has 36 heavy (non-hydrogen) atoms. The molecule has 0 saturated heterocycles. The first-order chi connectivity index (χ1) is 17.6. The molecule has 3 nitrogen and oxygen atoms in total. The smallest absolute Gasteiger partial charge is 0.287 e. The molecule has 0 radical (unpaired) electrons. The van der Waals surface area contributed by atoms with Crippen LogP contribution in [0.3, 0.4) is 0 Å². The van der Waals surface area contributed by atoms with Gasteiger partial charge in [0.25, 0.3) is 6.33 Å². The van der Waals surface area contributed by atoms with Crippen molar-refractivity contribution in [2.24, 2.45) is 13.0 Å². The summed E-state index contributed by atoms with van der Waals surface area (Å²) in [4.78, 5) is 5.01. The van der Waals surface area contributed by atoms with Crippen LogP contribution < -0.4 is 4.57 Å². The van der Waals surface area contributed by atoms with Crippen LogP contribution in [0.1, 0.15) is 42.4 Å². The van der Waals surface area contributed by atoms with Gasteiger partial charge in [0.1, 0.15) is 5.52 Å². The predicted octanol–water partition coefficient (Wildman–Crippen LogP) is 7.71. The number of pyridine rings is 1. The van der Waals surface area contributed by atoms with Crippen LogP contribution in [0.5, 0.6) is 0 Å². The number of hydrogen-bond acceptors (Lipinski definition) is 1. The van der Waals surface area contributed by atoms with Gasteiger partial charge < -0.3 is 4.40 Å². The van der Waals surface area contributed by atoms with Gasteiger partial charge in [-0.25, -0.2) is 4.57 Å². The first kappa shape index (κ1) is 20.5. The SMILES string of the molecule is Cc1c2ccccc2c(C)c2c1c1c3c(cc(CC4CCCC4)c4c5ccccc5n2c43)nc[n+]1C. The van der Waals surface area contributed by atoms with Gasteiger partial charge in [-0.2, -0.15) is 0 Å². The zero-order valence-electron chi connectivity index (χ0n) is 21.2. The van der Waals surface area contributed by atoms with Gasteiger partial charge in [0.05, 0.1) is 34.4 Å². The van der Waals surface area contributed by atoms with Crippen LogP contribution in [0.2, 0.25) is 0 Å². The summed E-state index contributed by atoms with van der Waals surface area (Å²) in [5.41, 5.74) is 10.6.